The lowest BCUT2D eigenvalue weighted by atomic mass is 10.2. The van der Waals surface area contributed by atoms with Crippen molar-refractivity contribution in [2.24, 2.45) is 4.99 Å². The summed E-state index contributed by atoms with van der Waals surface area (Å²) in [6.07, 6.45) is 0. The molecule has 0 aromatic heterocycles. The minimum absolute atomic E-state index is 0.841. The molecule has 0 fully saturated rings. The number of hydrogen-bond donors (Lipinski definition) is 0. The van der Waals surface area contributed by atoms with Crippen LogP contribution >= 0.6 is 44.1 Å². The molecule has 0 aliphatic carbocycles. The first-order valence-corrected chi connectivity index (χ1v) is 5.18. The van der Waals surface area contributed by atoms with Gasteiger partial charge in [0.05, 0.1) is 10.8 Å². The van der Waals surface area contributed by atoms with Crippen LogP contribution in [0, 0.1) is 6.92 Å². The van der Waals surface area contributed by atoms with E-state index in [0.29, 0.717) is 0 Å². The lowest BCUT2D eigenvalue weighted by Gasteiger charge is -2.01. The van der Waals surface area contributed by atoms with Gasteiger partial charge in [0, 0.05) is 8.95 Å². The zero-order chi connectivity index (χ0) is 9.14. The maximum absolute atomic E-state index is 4.54. The van der Waals surface area contributed by atoms with Gasteiger partial charge in [0.15, 0.2) is 0 Å². The van der Waals surface area contributed by atoms with E-state index in [9.17, 15) is 0 Å². The maximum atomic E-state index is 4.54. The number of aliphatic imine (C=N–C) groups is 1. The number of nitrogens with zero attached hydrogens (tertiary/aromatic N) is 1. The summed E-state index contributed by atoms with van der Waals surface area (Å²) < 4.78 is 1.95. The summed E-state index contributed by atoms with van der Waals surface area (Å²) in [5, 5.41) is 2.35. The van der Waals surface area contributed by atoms with Crippen LogP contribution in [-0.2, 0) is 0 Å². The molecule has 0 spiro atoms. The Kier molecular flexibility index (Phi) is 3.59. The van der Waals surface area contributed by atoms with Crippen molar-refractivity contribution in [2.45, 2.75) is 6.92 Å². The lowest BCUT2D eigenvalue weighted by Crippen LogP contribution is -1.76. The highest BCUT2D eigenvalue weighted by Gasteiger charge is 2.02. The Morgan fingerprint density at radius 1 is 1.42 bits per heavy atom. The molecule has 0 radical (unpaired) electrons. The molecule has 4 heteroatoms. The summed E-state index contributed by atoms with van der Waals surface area (Å²) in [4.78, 5) is 3.94. The van der Waals surface area contributed by atoms with Crippen molar-refractivity contribution in [3.8, 4) is 0 Å². The van der Waals surface area contributed by atoms with E-state index in [1.54, 1.807) is 0 Å². The Bertz CT molecular complexity index is 333. The van der Waals surface area contributed by atoms with Gasteiger partial charge in [-0.2, -0.15) is 4.99 Å². The molecule has 0 saturated carbocycles. The molecule has 0 aliphatic rings. The van der Waals surface area contributed by atoms with E-state index in [2.05, 4.69) is 54.2 Å². The first-order chi connectivity index (χ1) is 5.65. The SMILES string of the molecule is Cc1cc(Br)cc(Br)c1N=C=S. The Labute approximate surface area is 93.2 Å². The second-order valence-corrected chi connectivity index (χ2v) is 4.21. The van der Waals surface area contributed by atoms with Crippen molar-refractivity contribution in [1.82, 2.24) is 0 Å². The van der Waals surface area contributed by atoms with Gasteiger partial charge in [-0.3, -0.25) is 0 Å². The van der Waals surface area contributed by atoms with Crippen molar-refractivity contribution in [3.63, 3.8) is 0 Å². The van der Waals surface area contributed by atoms with Crippen LogP contribution in [0.4, 0.5) is 5.69 Å². The van der Waals surface area contributed by atoms with Gasteiger partial charge in [0.1, 0.15) is 0 Å². The van der Waals surface area contributed by atoms with Crippen LogP contribution in [0.3, 0.4) is 0 Å². The Hall–Kier alpha value is -0.0200. The molecule has 62 valence electrons. The van der Waals surface area contributed by atoms with E-state index in [1.165, 1.54) is 0 Å². The second kappa shape index (κ2) is 4.28. The molecular formula is C8H5Br2NS. The molecule has 0 saturated heterocycles. The third-order valence-corrected chi connectivity index (χ3v) is 2.53. The van der Waals surface area contributed by atoms with Crippen molar-refractivity contribution in [3.05, 3.63) is 26.6 Å². The van der Waals surface area contributed by atoms with Crippen molar-refractivity contribution in [2.75, 3.05) is 0 Å². The first kappa shape index (κ1) is 10.1. The number of halogens is 2. The number of isothiocyanates is 1. The quantitative estimate of drug-likeness (QED) is 0.558. The average molecular weight is 307 g/mol. The minimum Gasteiger partial charge on any atom is -0.193 e. The number of hydrogen-bond acceptors (Lipinski definition) is 2. The molecule has 0 bridgehead atoms. The molecule has 12 heavy (non-hydrogen) atoms. The van der Waals surface area contributed by atoms with Gasteiger partial charge in [0.2, 0.25) is 0 Å². The summed E-state index contributed by atoms with van der Waals surface area (Å²) in [5.74, 6) is 0. The highest BCUT2D eigenvalue weighted by molar-refractivity contribution is 9.11. The number of rotatable bonds is 1. The van der Waals surface area contributed by atoms with Gasteiger partial charge < -0.3 is 0 Å². The predicted molar refractivity (Wildman–Crippen MR) is 61.3 cm³/mol. The van der Waals surface area contributed by atoms with Crippen molar-refractivity contribution in [1.29, 1.82) is 0 Å². The molecule has 1 aromatic carbocycles. The van der Waals surface area contributed by atoms with Crippen LogP contribution in [0.15, 0.2) is 26.1 Å². The summed E-state index contributed by atoms with van der Waals surface area (Å²) in [7, 11) is 0. The van der Waals surface area contributed by atoms with Gasteiger partial charge >= 0.3 is 0 Å². The van der Waals surface area contributed by atoms with Crippen LogP contribution < -0.4 is 0 Å². The number of thiocarbonyl (C=S) groups is 1. The van der Waals surface area contributed by atoms with E-state index in [1.807, 2.05) is 19.1 Å². The van der Waals surface area contributed by atoms with E-state index in [0.717, 1.165) is 20.2 Å². The van der Waals surface area contributed by atoms with Gasteiger partial charge in [-0.05, 0) is 52.8 Å². The molecular weight excluding hydrogens is 302 g/mol. The van der Waals surface area contributed by atoms with E-state index in [4.69, 9.17) is 0 Å². The summed E-state index contributed by atoms with van der Waals surface area (Å²) >= 11 is 11.3. The Balaban J connectivity index is 3.37. The highest BCUT2D eigenvalue weighted by atomic mass is 79.9. The fourth-order valence-corrected chi connectivity index (χ4v) is 2.50. The van der Waals surface area contributed by atoms with Gasteiger partial charge in [0.25, 0.3) is 0 Å². The van der Waals surface area contributed by atoms with Crippen LogP contribution in [0.5, 0.6) is 0 Å². The minimum atomic E-state index is 0.841. The topological polar surface area (TPSA) is 12.4 Å². The van der Waals surface area contributed by atoms with E-state index >= 15 is 0 Å². The van der Waals surface area contributed by atoms with E-state index < -0.39 is 0 Å². The summed E-state index contributed by atoms with van der Waals surface area (Å²) in [6.45, 7) is 1.97. The van der Waals surface area contributed by atoms with Gasteiger partial charge in [-0.15, -0.1) is 0 Å². The average Bonchev–Trinajstić information content (AvgIpc) is 1.96. The second-order valence-electron chi connectivity index (χ2n) is 2.26. The standard InChI is InChI=1S/C8H5Br2NS/c1-5-2-6(9)3-7(10)8(5)11-4-12/h2-3H,1H3. The first-order valence-electron chi connectivity index (χ1n) is 3.18. The molecule has 0 aliphatic heterocycles. The van der Waals surface area contributed by atoms with Crippen LogP contribution in [0.1, 0.15) is 5.56 Å². The predicted octanol–water partition coefficient (Wildman–Crippen LogP) is 4.25. The monoisotopic (exact) mass is 305 g/mol. The summed E-state index contributed by atoms with van der Waals surface area (Å²) in [6, 6.07) is 3.91. The van der Waals surface area contributed by atoms with Crippen LogP contribution in [0.25, 0.3) is 0 Å². The van der Waals surface area contributed by atoms with Crippen molar-refractivity contribution < 1.29 is 0 Å². The molecule has 1 nitrogen and oxygen atoms in total. The van der Waals surface area contributed by atoms with Crippen LogP contribution in [0.2, 0.25) is 0 Å². The van der Waals surface area contributed by atoms with Crippen LogP contribution in [-0.4, -0.2) is 5.16 Å². The fourth-order valence-electron chi connectivity index (χ4n) is 0.882. The third-order valence-electron chi connectivity index (χ3n) is 1.38. The normalized spacial score (nSPS) is 9.25. The molecule has 1 rings (SSSR count). The number of aryl methyl sites for hydroxylation is 1. The third kappa shape index (κ3) is 2.23. The van der Waals surface area contributed by atoms with E-state index in [-0.39, 0.29) is 0 Å². The van der Waals surface area contributed by atoms with Crippen molar-refractivity contribution >= 4 is 54.9 Å². The maximum Gasteiger partial charge on any atom is 0.0911 e. The summed E-state index contributed by atoms with van der Waals surface area (Å²) in [5.41, 5.74) is 1.90. The van der Waals surface area contributed by atoms with Gasteiger partial charge in [-0.25, -0.2) is 0 Å². The molecule has 0 amide bonds. The zero-order valence-corrected chi connectivity index (χ0v) is 10.3. The molecule has 0 N–H and O–H groups in total. The van der Waals surface area contributed by atoms with Gasteiger partial charge in [-0.1, -0.05) is 15.9 Å². The molecule has 1 aromatic rings. The smallest absolute Gasteiger partial charge is 0.0911 e. The zero-order valence-electron chi connectivity index (χ0n) is 6.27. The lowest BCUT2D eigenvalue weighted by molar-refractivity contribution is 1.37. The Morgan fingerprint density at radius 3 is 2.58 bits per heavy atom. The fraction of sp³-hybridized carbons (Fsp3) is 0.125. The number of benzene rings is 1. The molecule has 0 heterocycles. The Morgan fingerprint density at radius 2 is 2.08 bits per heavy atom. The largest absolute Gasteiger partial charge is 0.193 e. The molecule has 0 atom stereocenters. The highest BCUT2D eigenvalue weighted by Crippen LogP contribution is 2.31. The molecule has 0 unspecified atom stereocenters.